The van der Waals surface area contributed by atoms with Crippen LogP contribution in [0.25, 0.3) is 16.7 Å². The van der Waals surface area contributed by atoms with Crippen molar-refractivity contribution in [3.63, 3.8) is 0 Å². The van der Waals surface area contributed by atoms with Gasteiger partial charge in [-0.25, -0.2) is 4.79 Å². The Morgan fingerprint density at radius 2 is 1.36 bits per heavy atom. The molecule has 1 aliphatic carbocycles. The summed E-state index contributed by atoms with van der Waals surface area (Å²) in [5.41, 5.74) is 4.01. The minimum absolute atomic E-state index is 0.0667. The molecule has 3 aromatic rings. The van der Waals surface area contributed by atoms with Gasteiger partial charge >= 0.3 is 5.97 Å². The summed E-state index contributed by atoms with van der Waals surface area (Å²) in [4.78, 5) is 26.8. The van der Waals surface area contributed by atoms with E-state index < -0.39 is 5.97 Å². The van der Waals surface area contributed by atoms with Gasteiger partial charge in [-0.2, -0.15) is 0 Å². The summed E-state index contributed by atoms with van der Waals surface area (Å²) >= 11 is 0. The minimum atomic E-state index is -0.591. The van der Waals surface area contributed by atoms with Gasteiger partial charge in [-0.05, 0) is 41.0 Å². The van der Waals surface area contributed by atoms with E-state index in [1.165, 1.54) is 18.2 Å². The van der Waals surface area contributed by atoms with Gasteiger partial charge in [0, 0.05) is 16.7 Å². The monoisotopic (exact) mass is 436 g/mol. The number of rotatable bonds is 2. The zero-order valence-electron chi connectivity index (χ0n) is 17.2. The Hall–Kier alpha value is -4.58. The van der Waals surface area contributed by atoms with Crippen molar-refractivity contribution in [1.82, 2.24) is 0 Å². The average Bonchev–Trinajstić information content (AvgIpc) is 3.16. The zero-order chi connectivity index (χ0) is 22.7. The number of ketones is 1. The number of allylic oxidation sites excluding steroid dienone is 2. The number of hydrogen-bond acceptors (Lipinski definition) is 6. The topological polar surface area (TPSA) is 93.1 Å². The van der Waals surface area contributed by atoms with Crippen molar-refractivity contribution < 1.29 is 29.3 Å². The summed E-state index contributed by atoms with van der Waals surface area (Å²) in [6.45, 7) is 0.113. The van der Waals surface area contributed by atoms with Crippen LogP contribution in [0.5, 0.6) is 11.5 Å². The summed E-state index contributed by atoms with van der Waals surface area (Å²) in [6, 6.07) is 20.1. The van der Waals surface area contributed by atoms with E-state index in [9.17, 15) is 19.8 Å². The number of fused-ring (bicyclic) bond motifs is 4. The maximum absolute atomic E-state index is 13.6. The van der Waals surface area contributed by atoms with E-state index in [2.05, 4.69) is 0 Å². The molecule has 0 radical (unpaired) electrons. The van der Waals surface area contributed by atoms with Crippen LogP contribution < -0.4 is 0 Å². The first-order valence-corrected chi connectivity index (χ1v) is 10.3. The van der Waals surface area contributed by atoms with Crippen LogP contribution in [-0.4, -0.2) is 22.0 Å². The first-order chi connectivity index (χ1) is 16.0. The molecule has 6 heteroatoms. The number of benzene rings is 3. The maximum Gasteiger partial charge on any atom is 0.344 e. The molecule has 0 amide bonds. The van der Waals surface area contributed by atoms with Gasteiger partial charge in [0.05, 0.1) is 11.1 Å². The predicted molar refractivity (Wildman–Crippen MR) is 119 cm³/mol. The van der Waals surface area contributed by atoms with Crippen LogP contribution in [0.3, 0.4) is 0 Å². The molecule has 2 N–H and O–H groups in total. The van der Waals surface area contributed by atoms with Gasteiger partial charge < -0.3 is 19.7 Å². The van der Waals surface area contributed by atoms with Crippen molar-refractivity contribution in [1.29, 1.82) is 0 Å². The highest BCUT2D eigenvalue weighted by molar-refractivity contribution is 6.38. The second kappa shape index (κ2) is 6.97. The lowest BCUT2D eigenvalue weighted by Gasteiger charge is -2.29. The number of ether oxygens (including phenoxy) is 2. The molecular weight excluding hydrogens is 420 g/mol. The number of hydrogen-bond donors (Lipinski definition) is 2. The second-order valence-electron chi connectivity index (χ2n) is 7.92. The van der Waals surface area contributed by atoms with Crippen LogP contribution in [0.15, 0.2) is 89.9 Å². The molecule has 0 saturated heterocycles. The smallest absolute Gasteiger partial charge is 0.344 e. The summed E-state index contributed by atoms with van der Waals surface area (Å²) in [7, 11) is 0. The molecule has 6 nitrogen and oxygen atoms in total. The highest BCUT2D eigenvalue weighted by Crippen LogP contribution is 2.52. The third-order valence-electron chi connectivity index (χ3n) is 5.96. The summed E-state index contributed by atoms with van der Waals surface area (Å²) in [5.74, 6) is -0.490. The molecule has 2 aliphatic heterocycles. The van der Waals surface area contributed by atoms with Crippen LogP contribution in [0.4, 0.5) is 0 Å². The zero-order valence-corrected chi connectivity index (χ0v) is 17.2. The summed E-state index contributed by atoms with van der Waals surface area (Å²) < 4.78 is 11.6. The van der Waals surface area contributed by atoms with Gasteiger partial charge in [-0.3, -0.25) is 4.79 Å². The fraction of sp³-hybridized carbons (Fsp3) is 0.0370. The molecule has 3 aliphatic rings. The van der Waals surface area contributed by atoms with E-state index in [1.54, 1.807) is 48.5 Å². The van der Waals surface area contributed by atoms with Crippen molar-refractivity contribution in [2.24, 2.45) is 0 Å². The molecule has 2 heterocycles. The number of phenols is 2. The molecule has 0 atom stereocenters. The third kappa shape index (κ3) is 2.81. The van der Waals surface area contributed by atoms with Crippen molar-refractivity contribution in [2.45, 2.75) is 6.61 Å². The minimum Gasteiger partial charge on any atom is -0.508 e. The third-order valence-corrected chi connectivity index (χ3v) is 5.96. The van der Waals surface area contributed by atoms with E-state index in [-0.39, 0.29) is 46.6 Å². The number of carbonyl (C=O) groups excluding carboxylic acids is 2. The van der Waals surface area contributed by atoms with Crippen LogP contribution in [0.2, 0.25) is 0 Å². The van der Waals surface area contributed by atoms with Crippen LogP contribution >= 0.6 is 0 Å². The Morgan fingerprint density at radius 3 is 2.12 bits per heavy atom. The average molecular weight is 436 g/mol. The number of phenolic OH excluding ortho intramolecular Hbond substituents is 2. The number of carbonyl (C=O) groups is 2. The molecule has 33 heavy (non-hydrogen) atoms. The highest BCUT2D eigenvalue weighted by Gasteiger charge is 2.45. The van der Waals surface area contributed by atoms with E-state index in [0.717, 1.165) is 0 Å². The molecule has 160 valence electrons. The van der Waals surface area contributed by atoms with Crippen molar-refractivity contribution >= 4 is 28.5 Å². The molecule has 0 saturated carbocycles. The van der Waals surface area contributed by atoms with Gasteiger partial charge in [0.1, 0.15) is 18.1 Å². The Labute approximate surface area is 188 Å². The van der Waals surface area contributed by atoms with Crippen LogP contribution in [0, 0.1) is 0 Å². The molecule has 0 aromatic heterocycles. The number of Topliss-reactive ketones (excluding diaryl/α,β-unsaturated/α-hetero) is 1. The van der Waals surface area contributed by atoms with Crippen LogP contribution in [0.1, 0.15) is 22.3 Å². The lowest BCUT2D eigenvalue weighted by Crippen LogP contribution is -2.22. The molecule has 0 fully saturated rings. The first-order valence-electron chi connectivity index (χ1n) is 10.3. The van der Waals surface area contributed by atoms with Gasteiger partial charge in [0.2, 0.25) is 5.78 Å². The van der Waals surface area contributed by atoms with Crippen LogP contribution in [-0.2, 0) is 25.7 Å². The van der Waals surface area contributed by atoms with Gasteiger partial charge in [-0.1, -0.05) is 48.5 Å². The fourth-order valence-corrected chi connectivity index (χ4v) is 4.51. The van der Waals surface area contributed by atoms with E-state index in [1.807, 2.05) is 6.07 Å². The van der Waals surface area contributed by atoms with E-state index in [4.69, 9.17) is 9.47 Å². The number of esters is 1. The standard InChI is InChI=1S/C27H16O6/c28-17-8-6-15(7-9-17)20-23-22-19-11-10-18(29)12-16(19)13-32-26(22)24(30)21(25(23)33-27(20)31)14-4-2-1-3-5-14/h1-12,28-29H,13H2. The van der Waals surface area contributed by atoms with Gasteiger partial charge in [0.15, 0.2) is 11.5 Å². The molecule has 3 aromatic carbocycles. The predicted octanol–water partition coefficient (Wildman–Crippen LogP) is 4.34. The van der Waals surface area contributed by atoms with E-state index in [0.29, 0.717) is 33.4 Å². The maximum atomic E-state index is 13.6. The Balaban J connectivity index is 1.70. The normalized spacial score (nSPS) is 16.8. The molecule has 0 unspecified atom stereocenters. The lowest BCUT2D eigenvalue weighted by atomic mass is 9.79. The highest BCUT2D eigenvalue weighted by atomic mass is 16.5. The van der Waals surface area contributed by atoms with Crippen molar-refractivity contribution in [2.75, 3.05) is 0 Å². The Kier molecular flexibility index (Phi) is 4.04. The first kappa shape index (κ1) is 19.1. The lowest BCUT2D eigenvalue weighted by molar-refractivity contribution is -0.131. The SMILES string of the molecule is O=C1OC2=C(c3ccccc3)C(=O)C3=C(C2=C1c1ccc(O)cc1)c1ccc(O)cc1CO3. The van der Waals surface area contributed by atoms with Crippen molar-refractivity contribution in [3.8, 4) is 11.5 Å². The molecule has 0 bridgehead atoms. The summed E-state index contributed by atoms with van der Waals surface area (Å²) in [5, 5.41) is 19.7. The number of aromatic hydroxyl groups is 2. The fourth-order valence-electron chi connectivity index (χ4n) is 4.51. The Bertz CT molecular complexity index is 1460. The summed E-state index contributed by atoms with van der Waals surface area (Å²) in [6.07, 6.45) is 0. The van der Waals surface area contributed by atoms with Gasteiger partial charge in [0.25, 0.3) is 0 Å². The molecule has 6 rings (SSSR count). The van der Waals surface area contributed by atoms with E-state index >= 15 is 0 Å². The molecule has 0 spiro atoms. The quantitative estimate of drug-likeness (QED) is 0.581. The largest absolute Gasteiger partial charge is 0.508 e. The Morgan fingerprint density at radius 1 is 0.667 bits per heavy atom. The molecular formula is C27H16O6. The van der Waals surface area contributed by atoms with Gasteiger partial charge in [-0.15, -0.1) is 0 Å². The second-order valence-corrected chi connectivity index (χ2v) is 7.92. The van der Waals surface area contributed by atoms with Crippen molar-refractivity contribution in [3.05, 3.63) is 112 Å².